The average Bonchev–Trinajstić information content (AvgIpc) is 3.17. The average molecular weight is 455 g/mol. The largest absolute Gasteiger partial charge is 0.418 e. The Balaban J connectivity index is 1.80. The number of benzene rings is 2. The highest BCUT2D eigenvalue weighted by Crippen LogP contribution is 2.43. The van der Waals surface area contributed by atoms with Crippen LogP contribution in [0.25, 0.3) is 11.3 Å². The van der Waals surface area contributed by atoms with Crippen LogP contribution < -0.4 is 10.2 Å². The molecule has 0 unspecified atom stereocenters. The number of nitrogens with zero attached hydrogens (tertiary/aromatic N) is 3. The lowest BCUT2D eigenvalue weighted by atomic mass is 10.0. The van der Waals surface area contributed by atoms with Crippen LogP contribution in [0.1, 0.15) is 43.1 Å². The minimum Gasteiger partial charge on any atom is -0.377 e. The van der Waals surface area contributed by atoms with E-state index >= 15 is 0 Å². The van der Waals surface area contributed by atoms with E-state index < -0.39 is 17.6 Å². The molecule has 0 aliphatic carbocycles. The second-order valence-electron chi connectivity index (χ2n) is 8.48. The fourth-order valence-electron chi connectivity index (χ4n) is 3.71. The molecule has 9 heteroatoms. The van der Waals surface area contributed by atoms with Crippen molar-refractivity contribution < 1.29 is 18.0 Å². The van der Waals surface area contributed by atoms with Crippen molar-refractivity contribution in [2.75, 3.05) is 24.3 Å². The first-order chi connectivity index (χ1) is 15.5. The lowest BCUT2D eigenvalue weighted by Gasteiger charge is -2.21. The minimum atomic E-state index is -4.56. The Bertz CT molecular complexity index is 1240. The molecule has 2 heterocycles. The first-order valence-electron chi connectivity index (χ1n) is 10.5. The monoisotopic (exact) mass is 455 g/mol. The van der Waals surface area contributed by atoms with Crippen molar-refractivity contribution in [2.45, 2.75) is 32.4 Å². The summed E-state index contributed by atoms with van der Waals surface area (Å²) in [6.45, 7) is 4.09. The smallest absolute Gasteiger partial charge is 0.377 e. The maximum Gasteiger partial charge on any atom is 0.418 e. The van der Waals surface area contributed by atoms with Gasteiger partial charge in [-0.1, -0.05) is 32.0 Å². The molecule has 4 rings (SSSR count). The minimum absolute atomic E-state index is 0.0204. The van der Waals surface area contributed by atoms with Crippen molar-refractivity contribution in [1.82, 2.24) is 9.97 Å². The van der Waals surface area contributed by atoms with Gasteiger partial charge in [-0.2, -0.15) is 13.2 Å². The first-order valence-corrected chi connectivity index (χ1v) is 10.5. The predicted molar refractivity (Wildman–Crippen MR) is 123 cm³/mol. The fourth-order valence-corrected chi connectivity index (χ4v) is 3.71. The number of hydrogen-bond donors (Lipinski definition) is 2. The SMILES string of the molecule is CC(C)c1ncc(-c2cccc(C3=Nc4cc(N(C)C)c(C(F)(F)F)cc4NC(=O)C3)c2)[nH]1. The van der Waals surface area contributed by atoms with Gasteiger partial charge in [0.05, 0.1) is 46.6 Å². The molecule has 1 aromatic heterocycles. The molecule has 172 valence electrons. The summed E-state index contributed by atoms with van der Waals surface area (Å²) in [4.78, 5) is 26.2. The van der Waals surface area contributed by atoms with E-state index in [9.17, 15) is 18.0 Å². The van der Waals surface area contributed by atoms with Crippen LogP contribution in [0.2, 0.25) is 0 Å². The number of H-pyrrole nitrogens is 1. The van der Waals surface area contributed by atoms with Crippen molar-refractivity contribution in [3.05, 3.63) is 59.5 Å². The zero-order chi connectivity index (χ0) is 23.9. The number of aromatic amines is 1. The Hall–Kier alpha value is -3.62. The molecule has 2 aromatic carbocycles. The van der Waals surface area contributed by atoms with Gasteiger partial charge in [-0.25, -0.2) is 4.98 Å². The van der Waals surface area contributed by atoms with Crippen molar-refractivity contribution in [3.8, 4) is 11.3 Å². The number of imidazole rings is 1. The van der Waals surface area contributed by atoms with Crippen LogP contribution in [-0.4, -0.2) is 35.7 Å². The van der Waals surface area contributed by atoms with Gasteiger partial charge >= 0.3 is 6.18 Å². The lowest BCUT2D eigenvalue weighted by molar-refractivity contribution is -0.137. The molecule has 0 fully saturated rings. The summed E-state index contributed by atoms with van der Waals surface area (Å²) in [6.07, 6.45) is -2.87. The summed E-state index contributed by atoms with van der Waals surface area (Å²) in [5, 5.41) is 2.57. The Labute approximate surface area is 189 Å². The van der Waals surface area contributed by atoms with E-state index in [1.54, 1.807) is 6.20 Å². The molecule has 6 nitrogen and oxygen atoms in total. The second kappa shape index (κ2) is 8.38. The summed E-state index contributed by atoms with van der Waals surface area (Å²) in [5.41, 5.74) is 2.37. The van der Waals surface area contributed by atoms with Gasteiger partial charge in [0, 0.05) is 25.6 Å². The summed E-state index contributed by atoms with van der Waals surface area (Å²) in [7, 11) is 3.08. The molecule has 0 spiro atoms. The normalized spacial score (nSPS) is 13.9. The van der Waals surface area contributed by atoms with Crippen molar-refractivity contribution in [1.29, 1.82) is 0 Å². The Kier molecular flexibility index (Phi) is 5.73. The molecule has 2 N–H and O–H groups in total. The summed E-state index contributed by atoms with van der Waals surface area (Å²) >= 11 is 0. The van der Waals surface area contributed by atoms with Crippen molar-refractivity contribution >= 4 is 28.7 Å². The number of alkyl halides is 3. The fraction of sp³-hybridized carbons (Fsp3) is 0.292. The van der Waals surface area contributed by atoms with E-state index in [0.29, 0.717) is 11.3 Å². The summed E-state index contributed by atoms with van der Waals surface area (Å²) in [5.74, 6) is 0.695. The topological polar surface area (TPSA) is 73.4 Å². The van der Waals surface area contributed by atoms with Crippen LogP contribution in [0.3, 0.4) is 0 Å². The van der Waals surface area contributed by atoms with Gasteiger partial charge in [0.1, 0.15) is 5.82 Å². The molecule has 3 aromatic rings. The standard InChI is InChI=1S/C24H24F3N5O/c1-13(2)23-28-12-20(31-23)15-7-5-6-14(8-15)17-11-22(33)30-18-9-16(24(25,26)27)21(32(3)4)10-19(18)29-17/h5-10,12-13H,11H2,1-4H3,(H,28,31)(H,30,33). The molecule has 0 saturated heterocycles. The van der Waals surface area contributed by atoms with Crippen molar-refractivity contribution in [3.63, 3.8) is 0 Å². The van der Waals surface area contributed by atoms with E-state index in [1.807, 2.05) is 38.1 Å². The zero-order valence-corrected chi connectivity index (χ0v) is 18.7. The van der Waals surface area contributed by atoms with Gasteiger partial charge in [0.15, 0.2) is 0 Å². The van der Waals surface area contributed by atoms with Gasteiger partial charge in [0.2, 0.25) is 5.91 Å². The number of anilines is 2. The first kappa shape index (κ1) is 22.6. The molecule has 1 amide bonds. The van der Waals surface area contributed by atoms with Crippen LogP contribution in [0.15, 0.2) is 47.6 Å². The van der Waals surface area contributed by atoms with Gasteiger partial charge in [-0.15, -0.1) is 0 Å². The molecule has 0 atom stereocenters. The zero-order valence-electron chi connectivity index (χ0n) is 18.7. The number of rotatable bonds is 4. The van der Waals surface area contributed by atoms with Crippen LogP contribution in [0, 0.1) is 0 Å². The van der Waals surface area contributed by atoms with Crippen LogP contribution in [0.5, 0.6) is 0 Å². The number of carbonyl (C=O) groups is 1. The van der Waals surface area contributed by atoms with Gasteiger partial charge in [0.25, 0.3) is 0 Å². The van der Waals surface area contributed by atoms with E-state index in [0.717, 1.165) is 23.1 Å². The van der Waals surface area contributed by atoms with Gasteiger partial charge in [-0.05, 0) is 23.8 Å². The molecular weight excluding hydrogens is 431 g/mol. The Morgan fingerprint density at radius 3 is 2.45 bits per heavy atom. The van der Waals surface area contributed by atoms with E-state index in [2.05, 4.69) is 20.3 Å². The van der Waals surface area contributed by atoms with Crippen LogP contribution in [-0.2, 0) is 11.0 Å². The Morgan fingerprint density at radius 1 is 1.09 bits per heavy atom. The highest BCUT2D eigenvalue weighted by atomic mass is 19.4. The Morgan fingerprint density at radius 2 is 1.82 bits per heavy atom. The number of aliphatic imine (C=N–C) groups is 1. The highest BCUT2D eigenvalue weighted by Gasteiger charge is 2.36. The van der Waals surface area contributed by atoms with E-state index in [4.69, 9.17) is 0 Å². The lowest BCUT2D eigenvalue weighted by Crippen LogP contribution is -2.18. The van der Waals surface area contributed by atoms with Crippen molar-refractivity contribution in [2.24, 2.45) is 4.99 Å². The third kappa shape index (κ3) is 4.62. The maximum atomic E-state index is 13.6. The number of hydrogen-bond acceptors (Lipinski definition) is 4. The number of nitrogens with one attached hydrogen (secondary N) is 2. The molecule has 1 aliphatic heterocycles. The molecule has 0 radical (unpaired) electrons. The third-order valence-electron chi connectivity index (χ3n) is 5.41. The summed E-state index contributed by atoms with van der Waals surface area (Å²) in [6, 6.07) is 9.81. The molecule has 33 heavy (non-hydrogen) atoms. The molecule has 1 aliphatic rings. The van der Waals surface area contributed by atoms with E-state index in [-0.39, 0.29) is 29.4 Å². The van der Waals surface area contributed by atoms with Gasteiger partial charge in [-0.3, -0.25) is 9.79 Å². The number of carbonyl (C=O) groups excluding carboxylic acids is 1. The number of fused-ring (bicyclic) bond motifs is 1. The van der Waals surface area contributed by atoms with Gasteiger partial charge < -0.3 is 15.2 Å². The molecule has 0 saturated carbocycles. The number of aromatic nitrogens is 2. The summed E-state index contributed by atoms with van der Waals surface area (Å²) < 4.78 is 40.8. The van der Waals surface area contributed by atoms with Crippen LogP contribution in [0.4, 0.5) is 30.2 Å². The molecular formula is C24H24F3N5O. The number of amides is 1. The second-order valence-corrected chi connectivity index (χ2v) is 8.48. The third-order valence-corrected chi connectivity index (χ3v) is 5.41. The highest BCUT2D eigenvalue weighted by molar-refractivity contribution is 6.17. The van der Waals surface area contributed by atoms with Crippen LogP contribution >= 0.6 is 0 Å². The quantitative estimate of drug-likeness (QED) is 0.526. The maximum absolute atomic E-state index is 13.6. The predicted octanol–water partition coefficient (Wildman–Crippen LogP) is 5.75. The molecule has 0 bridgehead atoms. The number of halogens is 3. The van der Waals surface area contributed by atoms with E-state index in [1.165, 1.54) is 25.1 Å².